The van der Waals surface area contributed by atoms with Crippen molar-refractivity contribution in [1.82, 2.24) is 5.32 Å². The van der Waals surface area contributed by atoms with E-state index < -0.39 is 11.5 Å². The van der Waals surface area contributed by atoms with Crippen LogP contribution in [0.4, 0.5) is 0 Å². The fraction of sp³-hybridized carbons (Fsp3) is 0.375. The fourth-order valence-electron chi connectivity index (χ4n) is 2.81. The van der Waals surface area contributed by atoms with E-state index in [0.29, 0.717) is 5.57 Å². The van der Waals surface area contributed by atoms with Crippen molar-refractivity contribution in [1.29, 1.82) is 0 Å². The Morgan fingerprint density at radius 3 is 2.71 bits per heavy atom. The lowest BCUT2D eigenvalue weighted by Crippen LogP contribution is -2.55. The molecule has 0 saturated heterocycles. The van der Waals surface area contributed by atoms with Gasteiger partial charge in [0.05, 0.1) is 17.5 Å². The third-order valence-electron chi connectivity index (χ3n) is 4.10. The molecule has 0 bridgehead atoms. The van der Waals surface area contributed by atoms with Gasteiger partial charge in [-0.15, -0.1) is 0 Å². The maximum atomic E-state index is 12.3. The monoisotopic (exact) mass is 287 g/mol. The molecule has 0 radical (unpaired) electrons. The molecule has 2 N–H and O–H groups in total. The number of hydrogen-bond donors (Lipinski definition) is 2. The third kappa shape index (κ3) is 2.77. The Labute approximate surface area is 122 Å². The molecule has 0 aromatic heterocycles. The number of fused-ring (bicyclic) bond motifs is 1. The van der Waals surface area contributed by atoms with Gasteiger partial charge in [-0.2, -0.15) is 0 Å². The summed E-state index contributed by atoms with van der Waals surface area (Å²) in [6, 6.07) is 7.52. The zero-order chi connectivity index (χ0) is 14.9. The number of carboxylic acid groups (broad SMARTS) is 1. The van der Waals surface area contributed by atoms with Gasteiger partial charge >= 0.3 is 5.97 Å². The fourth-order valence-corrected chi connectivity index (χ4v) is 2.81. The number of rotatable bonds is 4. The first-order chi connectivity index (χ1) is 10.1. The number of carbonyl (C=O) groups excluding carboxylic acids is 1. The van der Waals surface area contributed by atoms with Crippen LogP contribution in [0.5, 0.6) is 5.75 Å². The topological polar surface area (TPSA) is 75.6 Å². The van der Waals surface area contributed by atoms with Crippen LogP contribution in [0.3, 0.4) is 0 Å². The zero-order valence-corrected chi connectivity index (χ0v) is 11.6. The van der Waals surface area contributed by atoms with Crippen molar-refractivity contribution in [2.75, 3.05) is 6.61 Å². The summed E-state index contributed by atoms with van der Waals surface area (Å²) < 4.78 is 5.56. The van der Waals surface area contributed by atoms with Gasteiger partial charge < -0.3 is 15.2 Å². The first-order valence-corrected chi connectivity index (χ1v) is 7.05. The molecule has 2 aliphatic rings. The molecule has 1 heterocycles. The van der Waals surface area contributed by atoms with Crippen LogP contribution in [0.1, 0.15) is 31.2 Å². The van der Waals surface area contributed by atoms with Gasteiger partial charge in [0.1, 0.15) is 12.4 Å². The second-order valence-corrected chi connectivity index (χ2v) is 5.65. The van der Waals surface area contributed by atoms with Crippen LogP contribution in [0.2, 0.25) is 0 Å². The molecule has 0 unspecified atom stereocenters. The predicted molar refractivity (Wildman–Crippen MR) is 76.9 cm³/mol. The highest BCUT2D eigenvalue weighted by molar-refractivity contribution is 5.99. The summed E-state index contributed by atoms with van der Waals surface area (Å²) in [7, 11) is 0. The lowest BCUT2D eigenvalue weighted by atomic mass is 9.74. The quantitative estimate of drug-likeness (QED) is 0.888. The number of para-hydroxylation sites is 1. The lowest BCUT2D eigenvalue weighted by Gasteiger charge is -2.41. The molecular formula is C16H17NO4. The molecule has 0 spiro atoms. The molecule has 5 nitrogen and oxygen atoms in total. The highest BCUT2D eigenvalue weighted by atomic mass is 16.5. The van der Waals surface area contributed by atoms with Gasteiger partial charge in [-0.05, 0) is 31.4 Å². The van der Waals surface area contributed by atoms with Gasteiger partial charge in [-0.25, -0.2) is 0 Å². The van der Waals surface area contributed by atoms with E-state index in [9.17, 15) is 9.59 Å². The third-order valence-corrected chi connectivity index (χ3v) is 4.10. The maximum Gasteiger partial charge on any atom is 0.305 e. The Kier molecular flexibility index (Phi) is 3.41. The number of nitrogens with one attached hydrogen (secondary N) is 1. The van der Waals surface area contributed by atoms with Crippen molar-refractivity contribution in [3.8, 4) is 5.75 Å². The van der Waals surface area contributed by atoms with Crippen LogP contribution < -0.4 is 10.1 Å². The molecule has 1 aromatic carbocycles. The summed E-state index contributed by atoms with van der Waals surface area (Å²) in [5.74, 6) is -0.349. The number of carboxylic acids is 1. The van der Waals surface area contributed by atoms with E-state index in [4.69, 9.17) is 9.84 Å². The van der Waals surface area contributed by atoms with Gasteiger partial charge in [0, 0.05) is 5.56 Å². The highest BCUT2D eigenvalue weighted by Crippen LogP contribution is 2.35. The molecule has 5 heteroatoms. The normalized spacial score (nSPS) is 18.6. The molecule has 21 heavy (non-hydrogen) atoms. The molecule has 1 aromatic rings. The molecule has 1 amide bonds. The SMILES string of the molecule is O=C(O)CC1(NC(=O)C2=Cc3ccccc3OC2)CCC1. The van der Waals surface area contributed by atoms with Crippen LogP contribution in [-0.4, -0.2) is 29.1 Å². The second-order valence-electron chi connectivity index (χ2n) is 5.65. The van der Waals surface area contributed by atoms with E-state index in [0.717, 1.165) is 30.6 Å². The van der Waals surface area contributed by atoms with Crippen LogP contribution >= 0.6 is 0 Å². The second kappa shape index (κ2) is 5.24. The number of hydrogen-bond acceptors (Lipinski definition) is 3. The van der Waals surface area contributed by atoms with Gasteiger partial charge in [0.2, 0.25) is 0 Å². The minimum absolute atomic E-state index is 0.0243. The highest BCUT2D eigenvalue weighted by Gasteiger charge is 2.40. The van der Waals surface area contributed by atoms with Crippen LogP contribution in [0, 0.1) is 0 Å². The number of amides is 1. The molecular weight excluding hydrogens is 270 g/mol. The van der Waals surface area contributed by atoms with E-state index in [1.165, 1.54) is 0 Å². The summed E-state index contributed by atoms with van der Waals surface area (Å²) in [5, 5.41) is 11.9. The molecule has 0 atom stereocenters. The predicted octanol–water partition coefficient (Wildman–Crippen LogP) is 1.98. The van der Waals surface area contributed by atoms with Crippen molar-refractivity contribution in [2.24, 2.45) is 0 Å². The van der Waals surface area contributed by atoms with Gasteiger partial charge in [-0.3, -0.25) is 9.59 Å². The first-order valence-electron chi connectivity index (χ1n) is 7.05. The summed E-state index contributed by atoms with van der Waals surface area (Å²) in [6.07, 6.45) is 4.17. The lowest BCUT2D eigenvalue weighted by molar-refractivity contribution is -0.140. The largest absolute Gasteiger partial charge is 0.488 e. The van der Waals surface area contributed by atoms with Crippen molar-refractivity contribution in [2.45, 2.75) is 31.2 Å². The van der Waals surface area contributed by atoms with Gasteiger partial charge in [0.25, 0.3) is 5.91 Å². The Balaban J connectivity index is 1.74. The van der Waals surface area contributed by atoms with E-state index >= 15 is 0 Å². The van der Waals surface area contributed by atoms with E-state index in [-0.39, 0.29) is 18.9 Å². The first kappa shape index (κ1) is 13.7. The summed E-state index contributed by atoms with van der Waals surface area (Å²) in [5.41, 5.74) is 0.820. The number of ether oxygens (including phenoxy) is 1. The maximum absolute atomic E-state index is 12.3. The minimum atomic E-state index is -0.880. The summed E-state index contributed by atoms with van der Waals surface area (Å²) >= 11 is 0. The molecule has 1 aliphatic heterocycles. The Bertz CT molecular complexity index is 616. The van der Waals surface area contributed by atoms with E-state index in [2.05, 4.69) is 5.32 Å². The summed E-state index contributed by atoms with van der Waals surface area (Å²) in [4.78, 5) is 23.3. The minimum Gasteiger partial charge on any atom is -0.488 e. The van der Waals surface area contributed by atoms with Crippen molar-refractivity contribution >= 4 is 18.0 Å². The molecule has 110 valence electrons. The van der Waals surface area contributed by atoms with Crippen LogP contribution in [0.15, 0.2) is 29.8 Å². The van der Waals surface area contributed by atoms with Crippen molar-refractivity contribution < 1.29 is 19.4 Å². The molecule has 1 aliphatic carbocycles. The van der Waals surface area contributed by atoms with E-state index in [1.807, 2.05) is 24.3 Å². The summed E-state index contributed by atoms with van der Waals surface area (Å²) in [6.45, 7) is 0.214. The number of benzene rings is 1. The smallest absolute Gasteiger partial charge is 0.305 e. The standard InChI is InChI=1S/C16H17NO4/c18-14(19)9-16(6-3-7-16)17-15(20)12-8-11-4-1-2-5-13(11)21-10-12/h1-2,4-5,8H,3,6-7,9-10H2,(H,17,20)(H,18,19). The van der Waals surface area contributed by atoms with Crippen molar-refractivity contribution in [3.63, 3.8) is 0 Å². The Hall–Kier alpha value is -2.30. The van der Waals surface area contributed by atoms with Gasteiger partial charge in [-0.1, -0.05) is 18.2 Å². The Morgan fingerprint density at radius 2 is 2.05 bits per heavy atom. The van der Waals surface area contributed by atoms with Gasteiger partial charge in [0.15, 0.2) is 0 Å². The zero-order valence-electron chi connectivity index (χ0n) is 11.6. The number of carbonyl (C=O) groups is 2. The Morgan fingerprint density at radius 1 is 1.29 bits per heavy atom. The number of aliphatic carboxylic acids is 1. The molecule has 1 fully saturated rings. The van der Waals surface area contributed by atoms with Crippen LogP contribution in [0.25, 0.3) is 6.08 Å². The van der Waals surface area contributed by atoms with E-state index in [1.54, 1.807) is 6.08 Å². The van der Waals surface area contributed by atoms with Crippen molar-refractivity contribution in [3.05, 3.63) is 35.4 Å². The average molecular weight is 287 g/mol. The average Bonchev–Trinajstić information content (AvgIpc) is 2.43. The van der Waals surface area contributed by atoms with Crippen LogP contribution in [-0.2, 0) is 9.59 Å². The molecule has 3 rings (SSSR count). The molecule has 1 saturated carbocycles.